The highest BCUT2D eigenvalue weighted by Gasteiger charge is 2.29. The summed E-state index contributed by atoms with van der Waals surface area (Å²) in [6, 6.07) is 5.09. The Labute approximate surface area is 136 Å². The molecule has 1 aliphatic carbocycles. The molecule has 1 saturated heterocycles. The molecular weight excluding hydrogens is 294 g/mol. The fourth-order valence-electron chi connectivity index (χ4n) is 3.46. The van der Waals surface area contributed by atoms with Crippen molar-refractivity contribution in [2.75, 3.05) is 26.3 Å². The maximum atomic E-state index is 12.6. The lowest BCUT2D eigenvalue weighted by molar-refractivity contribution is -0.144. The van der Waals surface area contributed by atoms with Gasteiger partial charge in [-0.2, -0.15) is 0 Å². The van der Waals surface area contributed by atoms with E-state index in [1.165, 1.54) is 17.5 Å². The first-order valence-electron chi connectivity index (χ1n) is 8.35. The van der Waals surface area contributed by atoms with Crippen molar-refractivity contribution in [1.29, 1.82) is 0 Å². The number of rotatable bonds is 5. The summed E-state index contributed by atoms with van der Waals surface area (Å²) in [5.74, 6) is -1.02. The van der Waals surface area contributed by atoms with Crippen LogP contribution in [-0.4, -0.2) is 54.1 Å². The third kappa shape index (κ3) is 3.79. The number of hydrogen-bond acceptors (Lipinski definition) is 4. The zero-order chi connectivity index (χ0) is 16.2. The second-order valence-corrected chi connectivity index (χ2v) is 6.32. The number of nitrogens with zero attached hydrogens (tertiary/aromatic N) is 1. The van der Waals surface area contributed by atoms with Gasteiger partial charge in [0.2, 0.25) is 0 Å². The van der Waals surface area contributed by atoms with Crippen molar-refractivity contribution in [3.63, 3.8) is 0 Å². The van der Waals surface area contributed by atoms with Crippen LogP contribution in [0.3, 0.4) is 0 Å². The molecule has 1 atom stereocenters. The van der Waals surface area contributed by atoms with Gasteiger partial charge in [-0.1, -0.05) is 12.1 Å². The van der Waals surface area contributed by atoms with Gasteiger partial charge >= 0.3 is 5.97 Å². The number of carbonyl (C=O) groups is 2. The molecule has 2 aliphatic rings. The summed E-state index contributed by atoms with van der Waals surface area (Å²) in [4.78, 5) is 26.0. The number of ether oxygens (including phenoxy) is 1. The molecule has 3 rings (SSSR count). The number of aryl methyl sites for hydroxylation is 2. The largest absolute Gasteiger partial charge is 0.480 e. The van der Waals surface area contributed by atoms with E-state index in [0.717, 1.165) is 19.3 Å². The lowest BCUT2D eigenvalue weighted by atomic mass is 9.89. The molecular formula is C18H23NO4. The Balaban J connectivity index is 1.72. The zero-order valence-corrected chi connectivity index (χ0v) is 13.3. The first-order valence-corrected chi connectivity index (χ1v) is 8.35. The van der Waals surface area contributed by atoms with Gasteiger partial charge in [0, 0.05) is 25.1 Å². The molecule has 0 aromatic heterocycles. The molecule has 5 heteroatoms. The molecule has 0 spiro atoms. The highest BCUT2D eigenvalue weighted by Crippen LogP contribution is 2.23. The highest BCUT2D eigenvalue weighted by molar-refractivity contribution is 5.99. The maximum Gasteiger partial charge on any atom is 0.321 e. The van der Waals surface area contributed by atoms with Gasteiger partial charge < -0.3 is 9.84 Å². The SMILES string of the molecule is O=C(C[C@H](C(=O)O)N1CCOCC1)c1ccc2c(c1)CCCC2. The Hall–Kier alpha value is -1.72. The van der Waals surface area contributed by atoms with Crippen LogP contribution < -0.4 is 0 Å². The fraction of sp³-hybridized carbons (Fsp3) is 0.556. The number of carboxylic acids is 1. The van der Waals surface area contributed by atoms with Crippen molar-refractivity contribution in [2.24, 2.45) is 0 Å². The number of fused-ring (bicyclic) bond motifs is 1. The zero-order valence-electron chi connectivity index (χ0n) is 13.3. The van der Waals surface area contributed by atoms with Crippen LogP contribution in [0, 0.1) is 0 Å². The van der Waals surface area contributed by atoms with Gasteiger partial charge in [0.1, 0.15) is 6.04 Å². The highest BCUT2D eigenvalue weighted by atomic mass is 16.5. The maximum absolute atomic E-state index is 12.6. The molecule has 1 heterocycles. The summed E-state index contributed by atoms with van der Waals surface area (Å²) < 4.78 is 5.26. The van der Waals surface area contributed by atoms with E-state index in [4.69, 9.17) is 4.74 Å². The Bertz CT molecular complexity index is 593. The molecule has 124 valence electrons. The average molecular weight is 317 g/mol. The number of aliphatic carboxylic acids is 1. The third-order valence-electron chi connectivity index (χ3n) is 4.82. The molecule has 1 fully saturated rings. The van der Waals surface area contributed by atoms with Crippen molar-refractivity contribution in [1.82, 2.24) is 4.90 Å². The van der Waals surface area contributed by atoms with Gasteiger partial charge in [-0.05, 0) is 42.9 Å². The van der Waals surface area contributed by atoms with Gasteiger partial charge in [-0.3, -0.25) is 14.5 Å². The smallest absolute Gasteiger partial charge is 0.321 e. The van der Waals surface area contributed by atoms with E-state index in [9.17, 15) is 14.7 Å². The minimum atomic E-state index is -0.932. The van der Waals surface area contributed by atoms with Gasteiger partial charge in [0.15, 0.2) is 5.78 Å². The molecule has 0 unspecified atom stereocenters. The van der Waals surface area contributed by atoms with Gasteiger partial charge in [0.05, 0.1) is 13.2 Å². The summed E-state index contributed by atoms with van der Waals surface area (Å²) in [7, 11) is 0. The average Bonchev–Trinajstić information content (AvgIpc) is 2.59. The minimum Gasteiger partial charge on any atom is -0.480 e. The second kappa shape index (κ2) is 7.23. The van der Waals surface area contributed by atoms with E-state index in [1.54, 1.807) is 0 Å². The van der Waals surface area contributed by atoms with E-state index in [1.807, 2.05) is 23.1 Å². The Morgan fingerprint density at radius 3 is 2.52 bits per heavy atom. The van der Waals surface area contributed by atoms with Crippen LogP contribution in [0.4, 0.5) is 0 Å². The van der Waals surface area contributed by atoms with Crippen molar-refractivity contribution in [3.05, 3.63) is 34.9 Å². The first kappa shape index (κ1) is 16.1. The molecule has 23 heavy (non-hydrogen) atoms. The number of ketones is 1. The molecule has 0 radical (unpaired) electrons. The van der Waals surface area contributed by atoms with E-state index in [0.29, 0.717) is 31.9 Å². The van der Waals surface area contributed by atoms with Crippen LogP contribution in [0.2, 0.25) is 0 Å². The van der Waals surface area contributed by atoms with Gasteiger partial charge in [-0.15, -0.1) is 0 Å². The molecule has 0 saturated carbocycles. The number of Topliss-reactive ketones (excluding diaryl/α,β-unsaturated/α-hetero) is 1. The molecule has 0 bridgehead atoms. The summed E-state index contributed by atoms with van der Waals surface area (Å²) in [6.07, 6.45) is 4.49. The van der Waals surface area contributed by atoms with Crippen molar-refractivity contribution in [3.8, 4) is 0 Å². The lowest BCUT2D eigenvalue weighted by Gasteiger charge is -2.31. The summed E-state index contributed by atoms with van der Waals surface area (Å²) >= 11 is 0. The first-order chi connectivity index (χ1) is 11.1. The van der Waals surface area contributed by atoms with Gasteiger partial charge in [0.25, 0.3) is 0 Å². The summed E-state index contributed by atoms with van der Waals surface area (Å²) in [5, 5.41) is 9.48. The molecule has 1 aromatic rings. The molecule has 0 amide bonds. The van der Waals surface area contributed by atoms with Gasteiger partial charge in [-0.25, -0.2) is 0 Å². The number of carbonyl (C=O) groups excluding carboxylic acids is 1. The van der Waals surface area contributed by atoms with Crippen LogP contribution >= 0.6 is 0 Å². The fourth-order valence-corrected chi connectivity index (χ4v) is 3.46. The Morgan fingerprint density at radius 2 is 1.83 bits per heavy atom. The van der Waals surface area contributed by atoms with Crippen LogP contribution in [0.5, 0.6) is 0 Å². The number of hydrogen-bond donors (Lipinski definition) is 1. The Morgan fingerprint density at radius 1 is 1.13 bits per heavy atom. The number of benzene rings is 1. The second-order valence-electron chi connectivity index (χ2n) is 6.32. The monoisotopic (exact) mass is 317 g/mol. The molecule has 1 aromatic carbocycles. The van der Waals surface area contributed by atoms with Crippen molar-refractivity contribution in [2.45, 2.75) is 38.1 Å². The number of carboxylic acid groups (broad SMARTS) is 1. The standard InChI is InChI=1S/C18H23NO4/c20-17(12-16(18(21)22)19-7-9-23-10-8-19)15-6-5-13-3-1-2-4-14(13)11-15/h5-6,11,16H,1-4,7-10,12H2,(H,21,22)/t16-/m1/s1. The van der Waals surface area contributed by atoms with Crippen molar-refractivity contribution < 1.29 is 19.4 Å². The van der Waals surface area contributed by atoms with E-state index < -0.39 is 12.0 Å². The minimum absolute atomic E-state index is 0.0219. The molecule has 1 N–H and O–H groups in total. The van der Waals surface area contributed by atoms with E-state index in [2.05, 4.69) is 0 Å². The Kier molecular flexibility index (Phi) is 5.08. The topological polar surface area (TPSA) is 66.8 Å². The number of morpholine rings is 1. The normalized spacial score (nSPS) is 19.8. The van der Waals surface area contributed by atoms with E-state index >= 15 is 0 Å². The third-order valence-corrected chi connectivity index (χ3v) is 4.82. The lowest BCUT2D eigenvalue weighted by Crippen LogP contribution is -2.48. The van der Waals surface area contributed by atoms with Crippen LogP contribution in [-0.2, 0) is 22.4 Å². The van der Waals surface area contributed by atoms with E-state index in [-0.39, 0.29) is 12.2 Å². The molecule has 5 nitrogen and oxygen atoms in total. The predicted molar refractivity (Wildman–Crippen MR) is 85.8 cm³/mol. The van der Waals surface area contributed by atoms with Crippen LogP contribution in [0.1, 0.15) is 40.7 Å². The van der Waals surface area contributed by atoms with Crippen molar-refractivity contribution >= 4 is 11.8 Å². The van der Waals surface area contributed by atoms with Crippen LogP contribution in [0.25, 0.3) is 0 Å². The molecule has 1 aliphatic heterocycles. The summed E-state index contributed by atoms with van der Waals surface area (Å²) in [6.45, 7) is 2.18. The van der Waals surface area contributed by atoms with Crippen LogP contribution in [0.15, 0.2) is 18.2 Å². The predicted octanol–water partition coefficient (Wildman–Crippen LogP) is 1.92. The summed E-state index contributed by atoms with van der Waals surface area (Å²) in [5.41, 5.74) is 3.22. The quantitative estimate of drug-likeness (QED) is 0.841.